The summed E-state index contributed by atoms with van der Waals surface area (Å²) in [5, 5.41) is 0. The van der Waals surface area contributed by atoms with Gasteiger partial charge in [0.05, 0.1) is 14.2 Å². The lowest BCUT2D eigenvalue weighted by molar-refractivity contribution is 0.354. The second-order valence-electron chi connectivity index (χ2n) is 2.77. The van der Waals surface area contributed by atoms with Gasteiger partial charge in [0.15, 0.2) is 11.5 Å². The highest BCUT2D eigenvalue weighted by Crippen LogP contribution is 2.30. The van der Waals surface area contributed by atoms with Crippen molar-refractivity contribution in [2.75, 3.05) is 14.2 Å². The normalized spacial score (nSPS) is 9.85. The molecule has 0 aliphatic rings. The van der Waals surface area contributed by atoms with E-state index in [2.05, 4.69) is 29.5 Å². The molecular formula is C10H13IO2. The minimum atomic E-state index is 0.800. The van der Waals surface area contributed by atoms with E-state index in [-0.39, 0.29) is 0 Å². The topological polar surface area (TPSA) is 18.5 Å². The number of hydrogen-bond donors (Lipinski definition) is 0. The van der Waals surface area contributed by atoms with Crippen LogP contribution >= 0.6 is 22.6 Å². The Morgan fingerprint density at radius 3 is 2.15 bits per heavy atom. The van der Waals surface area contributed by atoms with Gasteiger partial charge in [0.2, 0.25) is 0 Å². The molecule has 0 aliphatic carbocycles. The van der Waals surface area contributed by atoms with Gasteiger partial charge in [-0.05, 0) is 30.2 Å². The third-order valence-electron chi connectivity index (χ3n) is 1.99. The molecule has 0 heterocycles. The first-order valence-corrected chi connectivity index (χ1v) is 5.53. The van der Waals surface area contributed by atoms with Crippen molar-refractivity contribution in [2.24, 2.45) is 0 Å². The molecule has 0 bridgehead atoms. The van der Waals surface area contributed by atoms with Crippen molar-refractivity contribution >= 4 is 22.6 Å². The molecule has 3 heteroatoms. The van der Waals surface area contributed by atoms with Gasteiger partial charge >= 0.3 is 0 Å². The van der Waals surface area contributed by atoms with Gasteiger partial charge in [0, 0.05) is 4.43 Å². The predicted molar refractivity (Wildman–Crippen MR) is 62.0 cm³/mol. The van der Waals surface area contributed by atoms with Crippen molar-refractivity contribution in [3.05, 3.63) is 23.3 Å². The molecule has 0 saturated heterocycles. The smallest absolute Gasteiger partial charge is 0.161 e. The lowest BCUT2D eigenvalue weighted by Crippen LogP contribution is -1.94. The van der Waals surface area contributed by atoms with Gasteiger partial charge in [-0.15, -0.1) is 0 Å². The molecular weight excluding hydrogens is 279 g/mol. The highest BCUT2D eigenvalue weighted by Gasteiger charge is 2.06. The van der Waals surface area contributed by atoms with Crippen molar-refractivity contribution in [3.63, 3.8) is 0 Å². The third-order valence-corrected chi connectivity index (χ3v) is 2.81. The van der Waals surface area contributed by atoms with Gasteiger partial charge in [0.1, 0.15) is 0 Å². The largest absolute Gasteiger partial charge is 0.493 e. The van der Waals surface area contributed by atoms with Crippen LogP contribution in [0, 0.1) is 6.92 Å². The van der Waals surface area contributed by atoms with Crippen molar-refractivity contribution in [1.29, 1.82) is 0 Å². The monoisotopic (exact) mass is 292 g/mol. The lowest BCUT2D eigenvalue weighted by atomic mass is 10.1. The molecule has 0 fully saturated rings. The Bertz CT molecular complexity index is 297. The summed E-state index contributed by atoms with van der Waals surface area (Å²) in [5.41, 5.74) is 2.53. The Balaban J connectivity index is 3.18. The summed E-state index contributed by atoms with van der Waals surface area (Å²) < 4.78 is 11.4. The molecule has 1 rings (SSSR count). The molecule has 0 atom stereocenters. The predicted octanol–water partition coefficient (Wildman–Crippen LogP) is 2.95. The van der Waals surface area contributed by atoms with E-state index < -0.39 is 0 Å². The van der Waals surface area contributed by atoms with Crippen LogP contribution in [-0.4, -0.2) is 14.2 Å². The highest BCUT2D eigenvalue weighted by atomic mass is 127. The van der Waals surface area contributed by atoms with Crippen molar-refractivity contribution in [1.82, 2.24) is 0 Å². The quantitative estimate of drug-likeness (QED) is 0.630. The Morgan fingerprint density at radius 1 is 1.15 bits per heavy atom. The summed E-state index contributed by atoms with van der Waals surface area (Å²) in [6, 6.07) is 4.04. The highest BCUT2D eigenvalue weighted by molar-refractivity contribution is 14.1. The van der Waals surface area contributed by atoms with Crippen molar-refractivity contribution in [3.8, 4) is 11.5 Å². The fourth-order valence-electron chi connectivity index (χ4n) is 1.17. The SMILES string of the molecule is COc1cc(C)c(CI)cc1OC. The second-order valence-corrected chi connectivity index (χ2v) is 3.53. The number of ether oxygens (including phenoxy) is 2. The summed E-state index contributed by atoms with van der Waals surface area (Å²) in [7, 11) is 3.31. The Hall–Kier alpha value is -0.450. The number of hydrogen-bond acceptors (Lipinski definition) is 2. The van der Waals surface area contributed by atoms with E-state index in [9.17, 15) is 0 Å². The molecule has 1 aromatic carbocycles. The molecule has 2 nitrogen and oxygen atoms in total. The number of benzene rings is 1. The number of halogens is 1. The van der Waals surface area contributed by atoms with Gasteiger partial charge < -0.3 is 9.47 Å². The first-order chi connectivity index (χ1) is 6.22. The van der Waals surface area contributed by atoms with Crippen LogP contribution in [0.15, 0.2) is 12.1 Å². The van der Waals surface area contributed by atoms with Crippen molar-refractivity contribution < 1.29 is 9.47 Å². The molecule has 0 spiro atoms. The minimum absolute atomic E-state index is 0.800. The number of methoxy groups -OCH3 is 2. The zero-order valence-electron chi connectivity index (χ0n) is 8.06. The van der Waals surface area contributed by atoms with E-state index in [0.717, 1.165) is 15.9 Å². The van der Waals surface area contributed by atoms with Crippen LogP contribution in [0.1, 0.15) is 11.1 Å². The average Bonchev–Trinajstić information content (AvgIpc) is 2.17. The van der Waals surface area contributed by atoms with E-state index in [1.165, 1.54) is 11.1 Å². The maximum atomic E-state index is 5.21. The molecule has 13 heavy (non-hydrogen) atoms. The molecule has 0 amide bonds. The lowest BCUT2D eigenvalue weighted by Gasteiger charge is -2.10. The first kappa shape index (κ1) is 10.6. The molecule has 1 aromatic rings. The molecule has 0 saturated carbocycles. The molecule has 0 aromatic heterocycles. The Kier molecular flexibility index (Phi) is 3.84. The third kappa shape index (κ3) is 2.27. The van der Waals surface area contributed by atoms with E-state index >= 15 is 0 Å². The molecule has 0 unspecified atom stereocenters. The van der Waals surface area contributed by atoms with Gasteiger partial charge in [0.25, 0.3) is 0 Å². The van der Waals surface area contributed by atoms with Gasteiger partial charge in [-0.3, -0.25) is 0 Å². The van der Waals surface area contributed by atoms with Crippen LogP contribution in [-0.2, 0) is 4.43 Å². The van der Waals surface area contributed by atoms with Crippen LogP contribution in [0.4, 0.5) is 0 Å². The number of aryl methyl sites for hydroxylation is 1. The van der Waals surface area contributed by atoms with Crippen molar-refractivity contribution in [2.45, 2.75) is 11.4 Å². The van der Waals surface area contributed by atoms with E-state index in [1.807, 2.05) is 12.1 Å². The zero-order chi connectivity index (χ0) is 9.84. The maximum Gasteiger partial charge on any atom is 0.161 e. The molecule has 0 N–H and O–H groups in total. The first-order valence-electron chi connectivity index (χ1n) is 4.00. The standard InChI is InChI=1S/C10H13IO2/c1-7-4-9(12-2)10(13-3)5-8(7)6-11/h4-5H,6H2,1-3H3. The van der Waals surface area contributed by atoms with E-state index in [1.54, 1.807) is 14.2 Å². The summed E-state index contributed by atoms with van der Waals surface area (Å²) in [6.07, 6.45) is 0. The fourth-order valence-corrected chi connectivity index (χ4v) is 1.99. The summed E-state index contributed by atoms with van der Waals surface area (Å²) in [4.78, 5) is 0. The summed E-state index contributed by atoms with van der Waals surface area (Å²) in [5.74, 6) is 1.60. The summed E-state index contributed by atoms with van der Waals surface area (Å²) in [6.45, 7) is 2.08. The maximum absolute atomic E-state index is 5.21. The number of rotatable bonds is 3. The number of alkyl halides is 1. The average molecular weight is 292 g/mol. The Labute approximate surface area is 92.4 Å². The van der Waals surface area contributed by atoms with E-state index in [4.69, 9.17) is 9.47 Å². The molecule has 72 valence electrons. The fraction of sp³-hybridized carbons (Fsp3) is 0.400. The van der Waals surface area contributed by atoms with Crippen LogP contribution in [0.3, 0.4) is 0 Å². The van der Waals surface area contributed by atoms with Gasteiger partial charge in [-0.2, -0.15) is 0 Å². The minimum Gasteiger partial charge on any atom is -0.493 e. The Morgan fingerprint density at radius 2 is 1.69 bits per heavy atom. The molecule has 0 aliphatic heterocycles. The summed E-state index contributed by atoms with van der Waals surface area (Å²) >= 11 is 2.34. The zero-order valence-corrected chi connectivity index (χ0v) is 10.2. The second kappa shape index (κ2) is 4.69. The molecule has 0 radical (unpaired) electrons. The van der Waals surface area contributed by atoms with E-state index in [0.29, 0.717) is 0 Å². The van der Waals surface area contributed by atoms with Crippen LogP contribution < -0.4 is 9.47 Å². The van der Waals surface area contributed by atoms with Crippen LogP contribution in [0.25, 0.3) is 0 Å². The van der Waals surface area contributed by atoms with Gasteiger partial charge in [-0.25, -0.2) is 0 Å². The van der Waals surface area contributed by atoms with Crippen LogP contribution in [0.2, 0.25) is 0 Å². The van der Waals surface area contributed by atoms with Gasteiger partial charge in [-0.1, -0.05) is 22.6 Å². The van der Waals surface area contributed by atoms with Crippen LogP contribution in [0.5, 0.6) is 11.5 Å².